The number of alkyl halides is 2. The summed E-state index contributed by atoms with van der Waals surface area (Å²) in [4.78, 5) is 0. The Labute approximate surface area is 150 Å². The van der Waals surface area contributed by atoms with E-state index in [2.05, 4.69) is 10.2 Å². The van der Waals surface area contributed by atoms with Crippen molar-refractivity contribution in [2.45, 2.75) is 37.7 Å². The number of rotatable bonds is 4. The van der Waals surface area contributed by atoms with Crippen LogP contribution in [0.1, 0.15) is 35.6 Å². The fourth-order valence-corrected chi connectivity index (χ4v) is 4.98. The molecule has 1 fully saturated rings. The van der Waals surface area contributed by atoms with E-state index in [4.69, 9.17) is 0 Å². The number of aliphatic hydroxyl groups excluding tert-OH is 1. The van der Waals surface area contributed by atoms with E-state index in [1.165, 1.54) is 4.31 Å². The van der Waals surface area contributed by atoms with Gasteiger partial charge in [0.15, 0.2) is 0 Å². The molecular formula is C17H21F2N3O3S. The molecule has 1 aliphatic heterocycles. The van der Waals surface area contributed by atoms with E-state index in [9.17, 15) is 13.5 Å². The van der Waals surface area contributed by atoms with E-state index >= 15 is 8.78 Å². The second-order valence-electron chi connectivity index (χ2n) is 7.28. The van der Waals surface area contributed by atoms with E-state index in [-0.39, 0.29) is 31.5 Å². The summed E-state index contributed by atoms with van der Waals surface area (Å²) in [5.41, 5.74) is 2.47. The molecule has 1 saturated heterocycles. The van der Waals surface area contributed by atoms with Crippen molar-refractivity contribution in [1.29, 1.82) is 0 Å². The van der Waals surface area contributed by atoms with Gasteiger partial charge in [0.05, 0.1) is 18.0 Å². The van der Waals surface area contributed by atoms with E-state index in [1.807, 2.05) is 6.07 Å². The van der Waals surface area contributed by atoms with Crippen molar-refractivity contribution in [1.82, 2.24) is 14.5 Å². The molecule has 1 aliphatic carbocycles. The summed E-state index contributed by atoms with van der Waals surface area (Å²) in [7, 11) is -3.38. The van der Waals surface area contributed by atoms with Crippen LogP contribution in [0.4, 0.5) is 8.78 Å². The largest absolute Gasteiger partial charge is 0.382 e. The number of fused-ring (bicyclic) bond motifs is 2. The number of benzene rings is 1. The van der Waals surface area contributed by atoms with Gasteiger partial charge >= 0.3 is 0 Å². The van der Waals surface area contributed by atoms with Crippen LogP contribution in [0, 0.1) is 5.92 Å². The first kappa shape index (κ1) is 17.8. The van der Waals surface area contributed by atoms with Gasteiger partial charge in [0, 0.05) is 30.0 Å². The maximum absolute atomic E-state index is 15.1. The van der Waals surface area contributed by atoms with Gasteiger partial charge in [-0.25, -0.2) is 21.5 Å². The van der Waals surface area contributed by atoms with Gasteiger partial charge < -0.3 is 5.11 Å². The quantitative estimate of drug-likeness (QED) is 0.843. The van der Waals surface area contributed by atoms with Gasteiger partial charge in [-0.15, -0.1) is 0 Å². The van der Waals surface area contributed by atoms with Gasteiger partial charge in [-0.1, -0.05) is 0 Å². The van der Waals surface area contributed by atoms with Gasteiger partial charge in [-0.2, -0.15) is 5.10 Å². The predicted molar refractivity (Wildman–Crippen MR) is 92.5 cm³/mol. The van der Waals surface area contributed by atoms with Crippen LogP contribution in [0.2, 0.25) is 0 Å². The summed E-state index contributed by atoms with van der Waals surface area (Å²) < 4.78 is 54.6. The van der Waals surface area contributed by atoms with Crippen molar-refractivity contribution in [3.05, 3.63) is 29.0 Å². The fourth-order valence-electron chi connectivity index (χ4n) is 4.11. The minimum atomic E-state index is -3.38. The number of piperidine rings is 1. The number of hydrogen-bond donors (Lipinski definition) is 2. The molecule has 1 aromatic carbocycles. The van der Waals surface area contributed by atoms with Crippen LogP contribution < -0.4 is 0 Å². The summed E-state index contributed by atoms with van der Waals surface area (Å²) in [6.45, 7) is 0.107. The standard InChI is InChI=1S/C17H21F2N3O3S/c1-26(24,25)22-6-4-12(5-7-22)17(18,19)16(23)14-13-3-2-10(13)8-11-9-20-21-15(11)14/h8-9,12,16,23H,2-7H2,1H3,(H,20,21). The normalized spacial score (nSPS) is 20.8. The minimum Gasteiger partial charge on any atom is -0.382 e. The van der Waals surface area contributed by atoms with Crippen molar-refractivity contribution in [2.24, 2.45) is 5.92 Å². The number of aliphatic hydroxyl groups is 1. The molecule has 1 aromatic heterocycles. The lowest BCUT2D eigenvalue weighted by molar-refractivity contribution is -0.158. The van der Waals surface area contributed by atoms with Gasteiger partial charge in [-0.05, 0) is 42.9 Å². The SMILES string of the molecule is CS(=O)(=O)N1CCC(C(F)(F)C(O)c2c3c(cc4cn[nH]c24)CC3)CC1. The molecule has 2 aliphatic rings. The number of nitrogens with one attached hydrogen (secondary N) is 1. The molecule has 9 heteroatoms. The van der Waals surface area contributed by atoms with Crippen LogP contribution >= 0.6 is 0 Å². The third kappa shape index (κ3) is 2.73. The first-order valence-corrected chi connectivity index (χ1v) is 10.5. The highest BCUT2D eigenvalue weighted by Gasteiger charge is 2.50. The number of nitrogens with zero attached hydrogens (tertiary/aromatic N) is 2. The average molecular weight is 385 g/mol. The molecule has 0 radical (unpaired) electrons. The Kier molecular flexibility index (Phi) is 4.09. The lowest BCUT2D eigenvalue weighted by Crippen LogP contribution is -2.45. The summed E-state index contributed by atoms with van der Waals surface area (Å²) >= 11 is 0. The minimum absolute atomic E-state index is 0.0261. The molecule has 2 N–H and O–H groups in total. The van der Waals surface area contributed by atoms with Crippen LogP contribution in [-0.4, -0.2) is 53.3 Å². The van der Waals surface area contributed by atoms with Crippen molar-refractivity contribution in [3.63, 3.8) is 0 Å². The van der Waals surface area contributed by atoms with Crippen LogP contribution in [0.3, 0.4) is 0 Å². The Morgan fingerprint density at radius 3 is 2.62 bits per heavy atom. The zero-order valence-electron chi connectivity index (χ0n) is 14.4. The Hall–Kier alpha value is -1.58. The Morgan fingerprint density at radius 1 is 1.35 bits per heavy atom. The van der Waals surface area contributed by atoms with Gasteiger partial charge in [0.25, 0.3) is 5.92 Å². The first-order valence-electron chi connectivity index (χ1n) is 8.68. The molecule has 26 heavy (non-hydrogen) atoms. The number of aryl methyl sites for hydroxylation is 1. The summed E-state index contributed by atoms with van der Waals surface area (Å²) in [6.07, 6.45) is 2.26. The van der Waals surface area contributed by atoms with Crippen LogP contribution in [0.25, 0.3) is 10.9 Å². The molecule has 2 aromatic rings. The summed E-state index contributed by atoms with van der Waals surface area (Å²) in [6, 6.07) is 1.93. The van der Waals surface area contributed by atoms with E-state index in [1.54, 1.807) is 6.20 Å². The molecule has 4 rings (SSSR count). The smallest absolute Gasteiger partial charge is 0.280 e. The van der Waals surface area contributed by atoms with Crippen molar-refractivity contribution >= 4 is 20.9 Å². The number of sulfonamides is 1. The van der Waals surface area contributed by atoms with Crippen molar-refractivity contribution in [2.75, 3.05) is 19.3 Å². The Morgan fingerprint density at radius 2 is 2.04 bits per heavy atom. The molecule has 142 valence electrons. The van der Waals surface area contributed by atoms with E-state index < -0.39 is 28.0 Å². The van der Waals surface area contributed by atoms with Crippen LogP contribution in [0.5, 0.6) is 0 Å². The van der Waals surface area contributed by atoms with Crippen molar-refractivity contribution in [3.8, 4) is 0 Å². The predicted octanol–water partition coefficient (Wildman–Crippen LogP) is 2.00. The monoisotopic (exact) mass is 385 g/mol. The molecule has 0 amide bonds. The number of aromatic amines is 1. The lowest BCUT2D eigenvalue weighted by atomic mass is 9.78. The molecule has 1 unspecified atom stereocenters. The number of hydrogen-bond acceptors (Lipinski definition) is 4. The summed E-state index contributed by atoms with van der Waals surface area (Å²) in [5.74, 6) is -4.41. The number of halogens is 2. The Balaban J connectivity index is 1.63. The highest BCUT2D eigenvalue weighted by atomic mass is 32.2. The van der Waals surface area contributed by atoms with Crippen LogP contribution in [0.15, 0.2) is 12.3 Å². The average Bonchev–Trinajstić information content (AvgIpc) is 3.03. The molecule has 1 atom stereocenters. The highest BCUT2D eigenvalue weighted by molar-refractivity contribution is 7.88. The molecular weight excluding hydrogens is 364 g/mol. The van der Waals surface area contributed by atoms with E-state index in [0.29, 0.717) is 11.9 Å². The second-order valence-corrected chi connectivity index (χ2v) is 9.26. The fraction of sp³-hybridized carbons (Fsp3) is 0.588. The zero-order valence-corrected chi connectivity index (χ0v) is 15.2. The molecule has 0 spiro atoms. The Bertz CT molecular complexity index is 950. The number of H-pyrrole nitrogens is 1. The summed E-state index contributed by atoms with van der Waals surface area (Å²) in [5, 5.41) is 18.0. The zero-order chi connectivity index (χ0) is 18.7. The molecule has 6 nitrogen and oxygen atoms in total. The topological polar surface area (TPSA) is 86.3 Å². The molecule has 0 saturated carbocycles. The maximum atomic E-state index is 15.1. The van der Waals surface area contributed by atoms with Crippen LogP contribution in [-0.2, 0) is 22.9 Å². The second kappa shape index (κ2) is 5.97. The third-order valence-electron chi connectivity index (χ3n) is 5.73. The van der Waals surface area contributed by atoms with E-state index in [0.717, 1.165) is 29.2 Å². The van der Waals surface area contributed by atoms with Crippen molar-refractivity contribution < 1.29 is 22.3 Å². The van der Waals surface area contributed by atoms with Gasteiger partial charge in [-0.3, -0.25) is 5.10 Å². The first-order chi connectivity index (χ1) is 12.2. The molecule has 0 bridgehead atoms. The third-order valence-corrected chi connectivity index (χ3v) is 7.03. The number of aromatic nitrogens is 2. The van der Waals surface area contributed by atoms with Gasteiger partial charge in [0.1, 0.15) is 6.10 Å². The maximum Gasteiger partial charge on any atom is 0.280 e. The van der Waals surface area contributed by atoms with Gasteiger partial charge in [0.2, 0.25) is 10.0 Å². The highest BCUT2D eigenvalue weighted by Crippen LogP contribution is 2.47. The lowest BCUT2D eigenvalue weighted by Gasteiger charge is -2.38. The molecule has 2 heterocycles.